The molecule has 0 saturated carbocycles. The maximum absolute atomic E-state index is 12.4. The van der Waals surface area contributed by atoms with Crippen LogP contribution < -0.4 is 20.1 Å². The quantitative estimate of drug-likeness (QED) is 0.638. The minimum absolute atomic E-state index is 0.161. The minimum Gasteiger partial charge on any atom is -0.465 e. The molecule has 2 aromatic carbocycles. The smallest absolute Gasteiger partial charge is 0.337 e. The summed E-state index contributed by atoms with van der Waals surface area (Å²) in [4.78, 5) is 32.2. The van der Waals surface area contributed by atoms with Gasteiger partial charge in [0, 0.05) is 17.4 Å². The van der Waals surface area contributed by atoms with Crippen LogP contribution in [0.1, 0.15) is 20.8 Å². The molecule has 0 fully saturated rings. The number of carbonyl (C=O) groups excluding carboxylic acids is 2. The molecule has 0 spiro atoms. The minimum atomic E-state index is -0.408. The zero-order valence-electron chi connectivity index (χ0n) is 15.3. The van der Waals surface area contributed by atoms with E-state index in [1.54, 1.807) is 42.5 Å². The van der Waals surface area contributed by atoms with Crippen LogP contribution in [0.25, 0.3) is 0 Å². The Labute approximate surface area is 165 Å². The van der Waals surface area contributed by atoms with Crippen LogP contribution in [0, 0.1) is 0 Å². The van der Waals surface area contributed by atoms with Gasteiger partial charge in [-0.15, -0.1) is 0 Å². The Bertz CT molecular complexity index is 1050. The molecule has 0 aliphatic carbocycles. The van der Waals surface area contributed by atoms with Crippen LogP contribution in [0.5, 0.6) is 11.5 Å². The molecule has 4 rings (SSSR count). The third-order valence-electron chi connectivity index (χ3n) is 4.09. The molecule has 1 aromatic heterocycles. The van der Waals surface area contributed by atoms with E-state index in [1.165, 1.54) is 19.5 Å². The Kier molecular flexibility index (Phi) is 4.93. The van der Waals surface area contributed by atoms with Gasteiger partial charge in [-0.05, 0) is 36.4 Å². The topological polar surface area (TPSA) is 112 Å². The molecular formula is C20H16N4O5. The summed E-state index contributed by atoms with van der Waals surface area (Å²) in [5.41, 5.74) is 1.88. The SMILES string of the molecule is COC(=O)c1ccc(Nc2cnc(C(=O)Nc3ccc4c(c3)OCO4)cn2)cc1. The summed E-state index contributed by atoms with van der Waals surface area (Å²) in [5, 5.41) is 5.78. The van der Waals surface area contributed by atoms with E-state index in [1.807, 2.05) is 0 Å². The first-order valence-electron chi connectivity index (χ1n) is 8.61. The van der Waals surface area contributed by atoms with E-state index in [0.29, 0.717) is 34.3 Å². The van der Waals surface area contributed by atoms with Crippen molar-refractivity contribution in [3.05, 3.63) is 66.1 Å². The monoisotopic (exact) mass is 392 g/mol. The van der Waals surface area contributed by atoms with E-state index in [-0.39, 0.29) is 12.5 Å². The number of rotatable bonds is 5. The van der Waals surface area contributed by atoms with Crippen LogP contribution in [0.15, 0.2) is 54.9 Å². The third-order valence-corrected chi connectivity index (χ3v) is 4.09. The first-order valence-corrected chi connectivity index (χ1v) is 8.61. The second kappa shape index (κ2) is 7.85. The molecule has 0 bridgehead atoms. The first kappa shape index (κ1) is 18.2. The van der Waals surface area contributed by atoms with Gasteiger partial charge in [0.2, 0.25) is 6.79 Å². The predicted molar refractivity (Wildman–Crippen MR) is 104 cm³/mol. The fraction of sp³-hybridized carbons (Fsp3) is 0.100. The van der Waals surface area contributed by atoms with Crippen molar-refractivity contribution in [2.45, 2.75) is 0 Å². The van der Waals surface area contributed by atoms with Gasteiger partial charge in [0.25, 0.3) is 5.91 Å². The second-order valence-corrected chi connectivity index (χ2v) is 6.00. The molecule has 0 saturated heterocycles. The second-order valence-electron chi connectivity index (χ2n) is 6.00. The van der Waals surface area contributed by atoms with E-state index in [9.17, 15) is 9.59 Å². The number of esters is 1. The van der Waals surface area contributed by atoms with Crippen LogP contribution >= 0.6 is 0 Å². The van der Waals surface area contributed by atoms with Crippen molar-refractivity contribution in [3.8, 4) is 11.5 Å². The van der Waals surface area contributed by atoms with E-state index in [0.717, 1.165) is 0 Å². The number of nitrogens with zero attached hydrogens (tertiary/aromatic N) is 2. The maximum Gasteiger partial charge on any atom is 0.337 e. The summed E-state index contributed by atoms with van der Waals surface area (Å²) in [6, 6.07) is 11.8. The van der Waals surface area contributed by atoms with Crippen molar-refractivity contribution in [3.63, 3.8) is 0 Å². The highest BCUT2D eigenvalue weighted by Gasteiger charge is 2.15. The Morgan fingerprint density at radius 1 is 0.966 bits per heavy atom. The molecule has 0 radical (unpaired) electrons. The molecule has 146 valence electrons. The number of methoxy groups -OCH3 is 1. The lowest BCUT2D eigenvalue weighted by atomic mass is 10.2. The lowest BCUT2D eigenvalue weighted by molar-refractivity contribution is 0.0600. The van der Waals surface area contributed by atoms with Gasteiger partial charge in [0.05, 0.1) is 25.1 Å². The summed E-state index contributed by atoms with van der Waals surface area (Å²) >= 11 is 0. The Hall–Kier alpha value is -4.14. The maximum atomic E-state index is 12.4. The van der Waals surface area contributed by atoms with Gasteiger partial charge in [-0.3, -0.25) is 4.79 Å². The zero-order chi connectivity index (χ0) is 20.2. The highest BCUT2D eigenvalue weighted by Crippen LogP contribution is 2.34. The Morgan fingerprint density at radius 3 is 2.45 bits per heavy atom. The summed E-state index contributed by atoms with van der Waals surface area (Å²) in [6.07, 6.45) is 2.82. The third kappa shape index (κ3) is 4.08. The molecule has 0 atom stereocenters. The fourth-order valence-electron chi connectivity index (χ4n) is 2.63. The number of nitrogens with one attached hydrogen (secondary N) is 2. The molecule has 2 heterocycles. The van der Waals surface area contributed by atoms with Gasteiger partial charge >= 0.3 is 5.97 Å². The largest absolute Gasteiger partial charge is 0.465 e. The molecule has 9 nitrogen and oxygen atoms in total. The number of ether oxygens (including phenoxy) is 3. The highest BCUT2D eigenvalue weighted by molar-refractivity contribution is 6.02. The van der Waals surface area contributed by atoms with Crippen molar-refractivity contribution in [1.29, 1.82) is 0 Å². The van der Waals surface area contributed by atoms with Crippen molar-refractivity contribution in [1.82, 2.24) is 9.97 Å². The van der Waals surface area contributed by atoms with Gasteiger partial charge < -0.3 is 24.8 Å². The molecule has 9 heteroatoms. The van der Waals surface area contributed by atoms with Gasteiger partial charge in [-0.25, -0.2) is 14.8 Å². The number of fused-ring (bicyclic) bond motifs is 1. The van der Waals surface area contributed by atoms with Crippen molar-refractivity contribution < 1.29 is 23.8 Å². The summed E-state index contributed by atoms with van der Waals surface area (Å²) in [6.45, 7) is 0.165. The Balaban J connectivity index is 1.39. The molecule has 1 aliphatic rings. The average molecular weight is 392 g/mol. The van der Waals surface area contributed by atoms with Crippen LogP contribution in [0.4, 0.5) is 17.2 Å². The van der Waals surface area contributed by atoms with Gasteiger partial charge in [0.15, 0.2) is 11.5 Å². The van der Waals surface area contributed by atoms with Crippen molar-refractivity contribution >= 4 is 29.1 Å². The number of hydrogen-bond acceptors (Lipinski definition) is 8. The molecular weight excluding hydrogens is 376 g/mol. The Morgan fingerprint density at radius 2 is 1.72 bits per heavy atom. The highest BCUT2D eigenvalue weighted by atomic mass is 16.7. The van der Waals surface area contributed by atoms with Gasteiger partial charge in [-0.1, -0.05) is 0 Å². The molecule has 29 heavy (non-hydrogen) atoms. The van der Waals surface area contributed by atoms with E-state index in [2.05, 4.69) is 25.3 Å². The van der Waals surface area contributed by atoms with Gasteiger partial charge in [0.1, 0.15) is 11.5 Å². The van der Waals surface area contributed by atoms with Crippen LogP contribution in [0.3, 0.4) is 0 Å². The predicted octanol–water partition coefficient (Wildman–Crippen LogP) is 2.99. The molecule has 2 N–H and O–H groups in total. The van der Waals surface area contributed by atoms with E-state index in [4.69, 9.17) is 9.47 Å². The van der Waals surface area contributed by atoms with Crippen LogP contribution in [-0.2, 0) is 4.74 Å². The fourth-order valence-corrected chi connectivity index (χ4v) is 2.63. The average Bonchev–Trinajstić information content (AvgIpc) is 3.22. The summed E-state index contributed by atoms with van der Waals surface area (Å²) in [7, 11) is 1.33. The number of benzene rings is 2. The van der Waals surface area contributed by atoms with Crippen LogP contribution in [-0.4, -0.2) is 35.7 Å². The van der Waals surface area contributed by atoms with Crippen molar-refractivity contribution in [2.24, 2.45) is 0 Å². The van der Waals surface area contributed by atoms with E-state index >= 15 is 0 Å². The van der Waals surface area contributed by atoms with Crippen molar-refractivity contribution in [2.75, 3.05) is 24.5 Å². The zero-order valence-corrected chi connectivity index (χ0v) is 15.3. The lowest BCUT2D eigenvalue weighted by Gasteiger charge is -2.08. The normalized spacial score (nSPS) is 11.6. The lowest BCUT2D eigenvalue weighted by Crippen LogP contribution is -2.14. The number of carbonyl (C=O) groups is 2. The number of hydrogen-bond donors (Lipinski definition) is 2. The molecule has 0 unspecified atom stereocenters. The number of aromatic nitrogens is 2. The van der Waals surface area contributed by atoms with Gasteiger partial charge in [-0.2, -0.15) is 0 Å². The molecule has 1 amide bonds. The first-order chi connectivity index (χ1) is 14.1. The number of anilines is 3. The standard InChI is InChI=1S/C20H16N4O5/c1-27-20(26)12-2-4-13(5-3-12)23-18-10-21-15(9-22-18)19(25)24-14-6-7-16-17(8-14)29-11-28-16/h2-10H,11H2,1H3,(H,22,23)(H,24,25). The summed E-state index contributed by atoms with van der Waals surface area (Å²) < 4.78 is 15.2. The van der Waals surface area contributed by atoms with Crippen LogP contribution in [0.2, 0.25) is 0 Å². The summed E-state index contributed by atoms with van der Waals surface area (Å²) in [5.74, 6) is 0.861. The molecule has 1 aliphatic heterocycles. The van der Waals surface area contributed by atoms with E-state index < -0.39 is 11.9 Å². The molecule has 3 aromatic rings. The number of amides is 1.